The number of ether oxygens (including phenoxy) is 1. The number of rotatable bonds is 8. The number of anilines is 1. The molecule has 0 aliphatic heterocycles. The maximum Gasteiger partial charge on any atom is 0.387 e. The average Bonchev–Trinajstić information content (AvgIpc) is 3.61. The van der Waals surface area contributed by atoms with Gasteiger partial charge in [-0.05, 0) is 48.9 Å². The van der Waals surface area contributed by atoms with Crippen molar-refractivity contribution in [3.63, 3.8) is 0 Å². The lowest BCUT2D eigenvalue weighted by atomic mass is 10.0. The molecule has 0 saturated carbocycles. The van der Waals surface area contributed by atoms with Gasteiger partial charge in [-0.3, -0.25) is 19.4 Å². The summed E-state index contributed by atoms with van der Waals surface area (Å²) < 4.78 is 58.1. The first kappa shape index (κ1) is 26.8. The summed E-state index contributed by atoms with van der Waals surface area (Å²) in [5, 5.41) is 13.9. The lowest BCUT2D eigenvalue weighted by molar-refractivity contribution is -0.0498. The predicted molar refractivity (Wildman–Crippen MR) is 139 cm³/mol. The van der Waals surface area contributed by atoms with Crippen LogP contribution in [0, 0.1) is 6.92 Å². The number of aryl methyl sites for hydroxylation is 2. The van der Waals surface area contributed by atoms with Gasteiger partial charge in [0.05, 0.1) is 17.1 Å². The largest absolute Gasteiger partial charge is 0.435 e. The van der Waals surface area contributed by atoms with E-state index in [1.807, 2.05) is 0 Å². The number of aromatic nitrogens is 5. The molecule has 0 saturated heterocycles. The van der Waals surface area contributed by atoms with Gasteiger partial charge in [-0.2, -0.15) is 19.0 Å². The maximum absolute atomic E-state index is 13.7. The highest BCUT2D eigenvalue weighted by Crippen LogP contribution is 2.43. The summed E-state index contributed by atoms with van der Waals surface area (Å²) in [6.07, 6.45) is -1.26. The van der Waals surface area contributed by atoms with E-state index in [0.29, 0.717) is 28.1 Å². The number of carbonyl (C=O) groups is 2. The van der Waals surface area contributed by atoms with Crippen LogP contribution in [-0.4, -0.2) is 43.4 Å². The number of hydrogen-bond donors (Lipinski definition) is 3. The van der Waals surface area contributed by atoms with Gasteiger partial charge in [0.15, 0.2) is 0 Å². The second-order valence-corrected chi connectivity index (χ2v) is 9.57. The first-order valence-corrected chi connectivity index (χ1v) is 12.3. The molecule has 4 N–H and O–H groups in total. The van der Waals surface area contributed by atoms with Gasteiger partial charge < -0.3 is 15.8 Å². The summed E-state index contributed by atoms with van der Waals surface area (Å²) in [6, 6.07) is 8.24. The van der Waals surface area contributed by atoms with Crippen LogP contribution < -0.4 is 15.8 Å². The predicted octanol–water partition coefficient (Wildman–Crippen LogP) is 5.29. The van der Waals surface area contributed by atoms with Gasteiger partial charge in [0.25, 0.3) is 18.2 Å². The molecule has 0 fully saturated rings. The van der Waals surface area contributed by atoms with Gasteiger partial charge in [0.1, 0.15) is 26.8 Å². The third-order valence-electron chi connectivity index (χ3n) is 5.87. The van der Waals surface area contributed by atoms with Crippen molar-refractivity contribution in [2.75, 3.05) is 5.32 Å². The number of alkyl halides is 4. The molecule has 0 aliphatic rings. The summed E-state index contributed by atoms with van der Waals surface area (Å²) in [5.41, 5.74) is 7.24. The van der Waals surface area contributed by atoms with E-state index >= 15 is 0 Å². The topological polar surface area (TPSA) is 141 Å². The Kier molecular flexibility index (Phi) is 6.97. The molecule has 0 spiro atoms. The highest BCUT2D eigenvalue weighted by atomic mass is 32.1. The Morgan fingerprint density at radius 3 is 2.45 bits per heavy atom. The Morgan fingerprint density at radius 2 is 1.85 bits per heavy atom. The van der Waals surface area contributed by atoms with Gasteiger partial charge in [-0.1, -0.05) is 0 Å². The highest BCUT2D eigenvalue weighted by Gasteiger charge is 2.26. The van der Waals surface area contributed by atoms with E-state index in [-0.39, 0.29) is 32.2 Å². The Balaban J connectivity index is 1.55. The molecular formula is C25H19F4N7O3S. The molecule has 0 radical (unpaired) electrons. The lowest BCUT2D eigenvalue weighted by Gasteiger charge is -2.10. The molecule has 0 bridgehead atoms. The van der Waals surface area contributed by atoms with Crippen LogP contribution >= 0.6 is 11.3 Å². The molecule has 4 aromatic heterocycles. The number of pyridine rings is 1. The fourth-order valence-electron chi connectivity index (χ4n) is 4.17. The van der Waals surface area contributed by atoms with Crippen LogP contribution in [0.3, 0.4) is 0 Å². The summed E-state index contributed by atoms with van der Waals surface area (Å²) in [5.74, 6) is -1.63. The Labute approximate surface area is 226 Å². The van der Waals surface area contributed by atoms with Crippen LogP contribution in [0.15, 0.2) is 42.6 Å². The second-order valence-electron chi connectivity index (χ2n) is 8.57. The zero-order valence-electron chi connectivity index (χ0n) is 20.7. The SMILES string of the molecule is Cc1nn(C)cc1-c1cc(C(F)F)nc2sc(C(N)=O)c(NC(=O)c3cc(-c4ccc(OC(F)F)cc4)n[nH]3)c12. The number of thiophene rings is 1. The van der Waals surface area contributed by atoms with Gasteiger partial charge in [-0.25, -0.2) is 13.8 Å². The first-order valence-electron chi connectivity index (χ1n) is 11.5. The normalized spacial score (nSPS) is 11.5. The number of fused-ring (bicyclic) bond motifs is 1. The number of primary amides is 1. The number of benzene rings is 1. The Morgan fingerprint density at radius 1 is 1.12 bits per heavy atom. The smallest absolute Gasteiger partial charge is 0.387 e. The fraction of sp³-hybridized carbons (Fsp3) is 0.160. The molecule has 0 unspecified atom stereocenters. The third kappa shape index (κ3) is 5.10. The van der Waals surface area contributed by atoms with Gasteiger partial charge in [-0.15, -0.1) is 11.3 Å². The van der Waals surface area contributed by atoms with E-state index < -0.39 is 30.5 Å². The number of nitrogens with two attached hydrogens (primary N) is 1. The molecule has 0 atom stereocenters. The van der Waals surface area contributed by atoms with Crippen LogP contribution in [0.4, 0.5) is 23.2 Å². The maximum atomic E-state index is 13.7. The summed E-state index contributed by atoms with van der Waals surface area (Å²) in [7, 11) is 1.67. The zero-order chi connectivity index (χ0) is 28.7. The molecule has 15 heteroatoms. The van der Waals surface area contributed by atoms with Crippen molar-refractivity contribution in [2.45, 2.75) is 20.0 Å². The molecule has 5 rings (SSSR count). The summed E-state index contributed by atoms with van der Waals surface area (Å²) >= 11 is 0.778. The van der Waals surface area contributed by atoms with Crippen molar-refractivity contribution in [1.29, 1.82) is 0 Å². The van der Waals surface area contributed by atoms with Crippen LogP contribution in [0.1, 0.15) is 38.0 Å². The molecule has 2 amide bonds. The fourth-order valence-corrected chi connectivity index (χ4v) is 5.19. The minimum atomic E-state index is -2.97. The number of carbonyl (C=O) groups excluding carboxylic acids is 2. The van der Waals surface area contributed by atoms with Crippen molar-refractivity contribution < 1.29 is 31.9 Å². The molecule has 1 aromatic carbocycles. The third-order valence-corrected chi connectivity index (χ3v) is 6.97. The van der Waals surface area contributed by atoms with Crippen LogP contribution in [0.25, 0.3) is 32.6 Å². The van der Waals surface area contributed by atoms with Crippen LogP contribution in [0.2, 0.25) is 0 Å². The molecule has 40 heavy (non-hydrogen) atoms. The minimum Gasteiger partial charge on any atom is -0.435 e. The van der Waals surface area contributed by atoms with E-state index in [1.165, 1.54) is 41.1 Å². The Bertz CT molecular complexity index is 1750. The van der Waals surface area contributed by atoms with Gasteiger partial charge in [0.2, 0.25) is 0 Å². The zero-order valence-corrected chi connectivity index (χ0v) is 21.5. The average molecular weight is 574 g/mol. The van der Waals surface area contributed by atoms with Crippen molar-refractivity contribution in [3.8, 4) is 28.1 Å². The van der Waals surface area contributed by atoms with E-state index in [4.69, 9.17) is 5.73 Å². The van der Waals surface area contributed by atoms with Crippen molar-refractivity contribution >= 4 is 39.1 Å². The molecule has 206 valence electrons. The minimum absolute atomic E-state index is 0.00561. The standard InChI is InChI=1S/C25H19F4N7O3S/c1-10-14(9-36(2)35-10)13-7-16(21(26)27)31-24-18(13)19(20(40-24)22(30)37)32-23(38)17-8-15(33-34-17)11-3-5-12(6-4-11)39-25(28)29/h3-9,21,25H,1-2H3,(H2,30,37)(H,32,38)(H,33,34). The molecule has 10 nitrogen and oxygen atoms in total. The van der Waals surface area contributed by atoms with E-state index in [0.717, 1.165) is 11.3 Å². The number of hydrogen-bond acceptors (Lipinski definition) is 7. The number of aromatic amines is 1. The number of halogens is 4. The van der Waals surface area contributed by atoms with E-state index in [2.05, 4.69) is 30.3 Å². The summed E-state index contributed by atoms with van der Waals surface area (Å²) in [4.78, 5) is 29.6. The second kappa shape index (κ2) is 10.4. The van der Waals surface area contributed by atoms with Crippen molar-refractivity contribution in [3.05, 3.63) is 64.6 Å². The number of H-pyrrole nitrogens is 1. The number of amides is 2. The molecule has 0 aliphatic carbocycles. The molecular weight excluding hydrogens is 554 g/mol. The van der Waals surface area contributed by atoms with E-state index in [9.17, 15) is 27.2 Å². The number of nitrogens with one attached hydrogen (secondary N) is 2. The molecule has 5 aromatic rings. The quantitative estimate of drug-likeness (QED) is 0.216. The number of nitrogens with zero attached hydrogens (tertiary/aromatic N) is 4. The summed E-state index contributed by atoms with van der Waals surface area (Å²) in [6.45, 7) is -1.27. The van der Waals surface area contributed by atoms with Crippen molar-refractivity contribution in [1.82, 2.24) is 25.0 Å². The van der Waals surface area contributed by atoms with Crippen LogP contribution in [-0.2, 0) is 7.05 Å². The Hall–Kier alpha value is -4.79. The van der Waals surface area contributed by atoms with Crippen molar-refractivity contribution in [2.24, 2.45) is 12.8 Å². The monoisotopic (exact) mass is 573 g/mol. The van der Waals surface area contributed by atoms with Gasteiger partial charge >= 0.3 is 6.61 Å². The van der Waals surface area contributed by atoms with Crippen LogP contribution in [0.5, 0.6) is 5.75 Å². The molecule has 4 heterocycles. The first-order chi connectivity index (χ1) is 19.0. The highest BCUT2D eigenvalue weighted by molar-refractivity contribution is 7.21. The lowest BCUT2D eigenvalue weighted by Crippen LogP contribution is -2.17. The van der Waals surface area contributed by atoms with Gasteiger partial charge in [0, 0.05) is 29.8 Å². The van der Waals surface area contributed by atoms with E-state index in [1.54, 1.807) is 20.2 Å².